The number of phosphoric acid groups is 1. The number of hydrogen-bond acceptors (Lipinski definition) is 6. The van der Waals surface area contributed by atoms with Crippen molar-refractivity contribution in [3.05, 3.63) is 69.0 Å². The van der Waals surface area contributed by atoms with Crippen LogP contribution in [0, 0.1) is 15.9 Å². The van der Waals surface area contributed by atoms with Gasteiger partial charge in [-0.15, -0.1) is 0 Å². The molecule has 0 radical (unpaired) electrons. The molecule has 0 bridgehead atoms. The lowest BCUT2D eigenvalue weighted by molar-refractivity contribution is -0.384. The van der Waals surface area contributed by atoms with E-state index >= 15 is 0 Å². The van der Waals surface area contributed by atoms with Crippen LogP contribution in [0.15, 0.2) is 42.5 Å². The number of benzene rings is 2. The molecular weight excluding hydrogens is 376 g/mol. The van der Waals surface area contributed by atoms with E-state index in [0.717, 1.165) is 0 Å². The molecule has 3 rings (SSSR count). The SMILES string of the molecule is O=[N+]([O-])c1ccc(O[P@]2(=O)OCC[C@@H](c3ccc(F)c(Cl)c3)O2)cc1. The Morgan fingerprint density at radius 2 is 2.00 bits per heavy atom. The zero-order chi connectivity index (χ0) is 18.0. The number of nitro benzene ring substituents is 1. The number of nitrogens with zero attached hydrogens (tertiary/aromatic N) is 1. The molecule has 0 saturated carbocycles. The van der Waals surface area contributed by atoms with E-state index in [-0.39, 0.29) is 23.1 Å². The minimum Gasteiger partial charge on any atom is -0.404 e. The maximum Gasteiger partial charge on any atom is 0.530 e. The van der Waals surface area contributed by atoms with E-state index in [0.29, 0.717) is 12.0 Å². The van der Waals surface area contributed by atoms with E-state index in [1.54, 1.807) is 0 Å². The lowest BCUT2D eigenvalue weighted by atomic mass is 10.1. The molecule has 0 aromatic heterocycles. The Bertz CT molecular complexity index is 846. The van der Waals surface area contributed by atoms with E-state index in [1.807, 2.05) is 0 Å². The highest BCUT2D eigenvalue weighted by molar-refractivity contribution is 7.49. The number of hydrogen-bond donors (Lipinski definition) is 0. The molecule has 0 spiro atoms. The molecule has 0 amide bonds. The van der Waals surface area contributed by atoms with Crippen molar-refractivity contribution in [1.82, 2.24) is 0 Å². The lowest BCUT2D eigenvalue weighted by Gasteiger charge is -2.29. The third kappa shape index (κ3) is 4.16. The second-order valence-corrected chi connectivity index (χ2v) is 7.13. The monoisotopic (exact) mass is 387 g/mol. The number of phosphoric ester groups is 1. The van der Waals surface area contributed by atoms with E-state index in [1.165, 1.54) is 42.5 Å². The number of non-ortho nitro benzene ring substituents is 1. The largest absolute Gasteiger partial charge is 0.530 e. The molecule has 2 aromatic rings. The highest BCUT2D eigenvalue weighted by atomic mass is 35.5. The summed E-state index contributed by atoms with van der Waals surface area (Å²) in [7, 11) is -3.93. The Morgan fingerprint density at radius 3 is 2.64 bits per heavy atom. The van der Waals surface area contributed by atoms with Gasteiger partial charge in [0, 0.05) is 18.6 Å². The standard InChI is InChI=1S/C15H12ClFNO6P/c16-13-9-10(1-6-14(13)17)15-7-8-22-25(21,24-15)23-12-4-2-11(3-5-12)18(19)20/h1-6,9,15H,7-8H2/t15-,25-/m0/s1. The molecule has 1 fully saturated rings. The fraction of sp³-hybridized carbons (Fsp3) is 0.200. The van der Waals surface area contributed by atoms with Crippen LogP contribution in [-0.4, -0.2) is 11.5 Å². The van der Waals surface area contributed by atoms with Gasteiger partial charge in [0.1, 0.15) is 11.6 Å². The fourth-order valence-corrected chi connectivity index (χ4v) is 3.85. The van der Waals surface area contributed by atoms with E-state index in [9.17, 15) is 19.1 Å². The van der Waals surface area contributed by atoms with Crippen LogP contribution in [0.25, 0.3) is 0 Å². The maximum absolute atomic E-state index is 13.3. The normalized spacial score (nSPS) is 23.2. The zero-order valence-electron chi connectivity index (χ0n) is 12.6. The molecule has 2 atom stereocenters. The summed E-state index contributed by atoms with van der Waals surface area (Å²) < 4.78 is 41.7. The first-order valence-electron chi connectivity index (χ1n) is 7.18. The topological polar surface area (TPSA) is 87.9 Å². The molecule has 0 unspecified atom stereocenters. The van der Waals surface area contributed by atoms with Gasteiger partial charge in [0.15, 0.2) is 0 Å². The molecule has 25 heavy (non-hydrogen) atoms. The Kier molecular flexibility index (Phi) is 5.06. The molecule has 1 heterocycles. The van der Waals surface area contributed by atoms with Crippen molar-refractivity contribution in [3.63, 3.8) is 0 Å². The van der Waals surface area contributed by atoms with Crippen LogP contribution in [0.2, 0.25) is 5.02 Å². The van der Waals surface area contributed by atoms with Gasteiger partial charge in [-0.05, 0) is 29.8 Å². The number of rotatable bonds is 4. The maximum atomic E-state index is 13.3. The van der Waals surface area contributed by atoms with Crippen LogP contribution in [0.1, 0.15) is 18.1 Å². The van der Waals surface area contributed by atoms with Gasteiger partial charge in [-0.3, -0.25) is 19.2 Å². The number of nitro groups is 1. The summed E-state index contributed by atoms with van der Waals surface area (Å²) in [4.78, 5) is 10.1. The highest BCUT2D eigenvalue weighted by Crippen LogP contribution is 2.56. The van der Waals surface area contributed by atoms with E-state index in [2.05, 4.69) is 0 Å². The zero-order valence-corrected chi connectivity index (χ0v) is 14.3. The summed E-state index contributed by atoms with van der Waals surface area (Å²) in [5.74, 6) is -0.463. The smallest absolute Gasteiger partial charge is 0.404 e. The van der Waals surface area contributed by atoms with Crippen LogP contribution in [0.5, 0.6) is 5.75 Å². The van der Waals surface area contributed by atoms with Gasteiger partial charge in [-0.25, -0.2) is 8.96 Å². The van der Waals surface area contributed by atoms with Crippen molar-refractivity contribution in [2.24, 2.45) is 0 Å². The van der Waals surface area contributed by atoms with Crippen LogP contribution in [0.3, 0.4) is 0 Å². The lowest BCUT2D eigenvalue weighted by Crippen LogP contribution is -2.16. The molecule has 7 nitrogen and oxygen atoms in total. The third-order valence-corrected chi connectivity index (χ3v) is 5.20. The first-order chi connectivity index (χ1) is 11.9. The quantitative estimate of drug-likeness (QED) is 0.414. The minimum absolute atomic E-state index is 0.0706. The molecule has 1 aliphatic rings. The second-order valence-electron chi connectivity index (χ2n) is 5.18. The van der Waals surface area contributed by atoms with E-state index < -0.39 is 24.7 Å². The predicted molar refractivity (Wildman–Crippen MR) is 87.1 cm³/mol. The Morgan fingerprint density at radius 1 is 1.28 bits per heavy atom. The van der Waals surface area contributed by atoms with Crippen molar-refractivity contribution in [1.29, 1.82) is 0 Å². The molecule has 2 aromatic carbocycles. The third-order valence-electron chi connectivity index (χ3n) is 3.47. The first kappa shape index (κ1) is 17.8. The van der Waals surface area contributed by atoms with Crippen LogP contribution < -0.4 is 4.52 Å². The summed E-state index contributed by atoms with van der Waals surface area (Å²) in [6.07, 6.45) is -0.258. The molecule has 132 valence electrons. The Hall–Kier alpha value is -1.99. The van der Waals surface area contributed by atoms with Gasteiger partial charge in [0.25, 0.3) is 5.69 Å². The second kappa shape index (κ2) is 7.09. The van der Waals surface area contributed by atoms with Gasteiger partial charge >= 0.3 is 7.82 Å². The summed E-state index contributed by atoms with van der Waals surface area (Å²) in [6.45, 7) is 0.101. The van der Waals surface area contributed by atoms with E-state index in [4.69, 9.17) is 25.2 Å². The van der Waals surface area contributed by atoms with Crippen molar-refractivity contribution >= 4 is 25.1 Å². The minimum atomic E-state index is -3.93. The van der Waals surface area contributed by atoms with Crippen LogP contribution >= 0.6 is 19.4 Å². The number of halogens is 2. The van der Waals surface area contributed by atoms with Gasteiger partial charge in [-0.1, -0.05) is 17.7 Å². The first-order valence-corrected chi connectivity index (χ1v) is 9.02. The summed E-state index contributed by atoms with van der Waals surface area (Å²) in [5.41, 5.74) is 0.414. The Balaban J connectivity index is 1.75. The summed E-state index contributed by atoms with van der Waals surface area (Å²) >= 11 is 5.76. The molecule has 0 aliphatic carbocycles. The van der Waals surface area contributed by atoms with Crippen molar-refractivity contribution in [3.8, 4) is 5.75 Å². The van der Waals surface area contributed by atoms with Gasteiger partial charge in [-0.2, -0.15) is 0 Å². The molecule has 0 N–H and O–H groups in total. The fourth-order valence-electron chi connectivity index (χ4n) is 2.26. The van der Waals surface area contributed by atoms with Gasteiger partial charge < -0.3 is 4.52 Å². The molecule has 1 saturated heterocycles. The molecular formula is C15H12ClFNO6P. The highest BCUT2D eigenvalue weighted by Gasteiger charge is 2.37. The van der Waals surface area contributed by atoms with Crippen molar-refractivity contribution in [2.75, 3.05) is 6.61 Å². The average Bonchev–Trinajstić information content (AvgIpc) is 2.57. The van der Waals surface area contributed by atoms with Gasteiger partial charge in [0.05, 0.1) is 22.7 Å². The summed E-state index contributed by atoms with van der Waals surface area (Å²) in [5, 5.41) is 10.6. The van der Waals surface area contributed by atoms with Crippen molar-refractivity contribution in [2.45, 2.75) is 12.5 Å². The molecule has 1 aliphatic heterocycles. The summed E-state index contributed by atoms with van der Waals surface area (Å²) in [6, 6.07) is 9.08. The van der Waals surface area contributed by atoms with Crippen LogP contribution in [-0.2, 0) is 13.6 Å². The average molecular weight is 388 g/mol. The van der Waals surface area contributed by atoms with Crippen molar-refractivity contribution < 1.29 is 27.5 Å². The predicted octanol–water partition coefficient (Wildman–Crippen LogP) is 5.05. The van der Waals surface area contributed by atoms with Gasteiger partial charge in [0.2, 0.25) is 0 Å². The molecule has 10 heteroatoms. The Labute approximate surface area is 147 Å². The van der Waals surface area contributed by atoms with Crippen LogP contribution in [0.4, 0.5) is 10.1 Å².